The first kappa shape index (κ1) is 42.3. The van der Waals surface area contributed by atoms with E-state index in [0.717, 1.165) is 18.4 Å². The van der Waals surface area contributed by atoms with Crippen LogP contribution < -0.4 is 5.32 Å². The van der Waals surface area contributed by atoms with Crippen LogP contribution in [0.1, 0.15) is 92.9 Å². The number of anilines is 1. The molecular formula is C44H58ClNO10. The van der Waals surface area contributed by atoms with Gasteiger partial charge < -0.3 is 39.2 Å². The zero-order valence-corrected chi connectivity index (χ0v) is 34.1. The number of carbonyl (C=O) groups is 3. The maximum absolute atomic E-state index is 14.5. The van der Waals surface area contributed by atoms with Crippen molar-refractivity contribution in [1.82, 2.24) is 0 Å². The van der Waals surface area contributed by atoms with Crippen molar-refractivity contribution in [3.63, 3.8) is 0 Å². The number of allylic oxidation sites excluding steroid dienone is 2. The van der Waals surface area contributed by atoms with Crippen molar-refractivity contribution >= 4 is 35.1 Å². The van der Waals surface area contributed by atoms with E-state index in [1.54, 1.807) is 49.4 Å². The highest BCUT2D eigenvalue weighted by molar-refractivity contribution is 6.30. The van der Waals surface area contributed by atoms with E-state index >= 15 is 0 Å². The first-order valence-electron chi connectivity index (χ1n) is 20.2. The lowest BCUT2D eigenvalue weighted by Crippen LogP contribution is -2.59. The van der Waals surface area contributed by atoms with E-state index in [9.17, 15) is 24.6 Å². The van der Waals surface area contributed by atoms with Gasteiger partial charge in [0.25, 0.3) is 0 Å². The Morgan fingerprint density at radius 1 is 1.09 bits per heavy atom. The third kappa shape index (κ3) is 9.19. The summed E-state index contributed by atoms with van der Waals surface area (Å²) < 4.78 is 32.1. The molecule has 4 aliphatic heterocycles. The van der Waals surface area contributed by atoms with Crippen LogP contribution in [-0.2, 0) is 38.1 Å². The molecule has 0 saturated carbocycles. The number of halogens is 1. The number of amides is 1. The van der Waals surface area contributed by atoms with Gasteiger partial charge in [0, 0.05) is 42.3 Å². The van der Waals surface area contributed by atoms with Gasteiger partial charge in [-0.2, -0.15) is 0 Å². The van der Waals surface area contributed by atoms with Crippen LogP contribution in [0.3, 0.4) is 0 Å². The van der Waals surface area contributed by atoms with E-state index in [1.165, 1.54) is 0 Å². The van der Waals surface area contributed by atoms with Gasteiger partial charge in [0.2, 0.25) is 5.91 Å². The molecule has 1 aromatic carbocycles. The standard InChI is InChI=1S/C44H58ClNO10/c1-7-25(2)39-28(5)19-20-43(56-39)23-34-22-33(55-43)16-11-27(4)38(49)26(3)9-8-10-30-24-52-41-40(29(6)21-35(42(50)53-34)44(30,41)51)54-37(48)18-17-36(47)46-32-14-12-31(45)13-15-32/h8-15,21,25-26,28,33-35,38-41,49,51H,7,16-20,22-24H2,1-6H3,(H,46,47)/b9-8+,27-11+,30-10+/t25-,26-,28-,33+,34-,35-,38-,39+,40+,41+,43+,44+/m0/s1. The fraction of sp³-hybridized carbons (Fsp3) is 0.614. The Hall–Kier alpha value is -3.32. The topological polar surface area (TPSA) is 150 Å². The molecule has 12 atom stereocenters. The van der Waals surface area contributed by atoms with Gasteiger partial charge in [0.15, 0.2) is 11.9 Å². The van der Waals surface area contributed by atoms with Crippen LogP contribution in [0, 0.1) is 23.7 Å². The summed E-state index contributed by atoms with van der Waals surface area (Å²) in [6.45, 7) is 12.1. The number of fused-ring (bicyclic) bond motifs is 2. The Bertz CT molecular complexity index is 1730. The molecule has 2 bridgehead atoms. The molecule has 0 unspecified atom stereocenters. The van der Waals surface area contributed by atoms with Gasteiger partial charge in [-0.15, -0.1) is 0 Å². The smallest absolute Gasteiger partial charge is 0.316 e. The van der Waals surface area contributed by atoms with Crippen LogP contribution in [-0.4, -0.2) is 82.7 Å². The molecule has 3 fully saturated rings. The third-order valence-corrected chi connectivity index (χ3v) is 12.6. The minimum Gasteiger partial charge on any atom is -0.462 e. The Morgan fingerprint density at radius 2 is 1.84 bits per heavy atom. The minimum absolute atomic E-state index is 0.0142. The van der Waals surface area contributed by atoms with Gasteiger partial charge in [-0.05, 0) is 79.5 Å². The van der Waals surface area contributed by atoms with Crippen LogP contribution >= 0.6 is 11.6 Å². The van der Waals surface area contributed by atoms with Crippen molar-refractivity contribution < 1.29 is 48.3 Å². The lowest BCUT2D eigenvalue weighted by atomic mass is 9.70. The van der Waals surface area contributed by atoms with Crippen molar-refractivity contribution in [2.45, 2.75) is 141 Å². The summed E-state index contributed by atoms with van der Waals surface area (Å²) in [6.07, 6.45) is 8.51. The number of rotatable bonds is 7. The van der Waals surface area contributed by atoms with Crippen molar-refractivity contribution in [3.05, 3.63) is 76.4 Å². The maximum atomic E-state index is 14.5. The van der Waals surface area contributed by atoms with Crippen molar-refractivity contribution in [2.24, 2.45) is 23.7 Å². The van der Waals surface area contributed by atoms with Crippen LogP contribution in [0.15, 0.2) is 71.4 Å². The summed E-state index contributed by atoms with van der Waals surface area (Å²) in [7, 11) is 0. The molecule has 56 heavy (non-hydrogen) atoms. The van der Waals surface area contributed by atoms with Crippen LogP contribution in [0.2, 0.25) is 5.02 Å². The second-order valence-electron chi connectivity index (χ2n) is 16.6. The second kappa shape index (κ2) is 17.7. The molecule has 11 nitrogen and oxygen atoms in total. The summed E-state index contributed by atoms with van der Waals surface area (Å²) in [5.74, 6) is -3.38. The number of ether oxygens (including phenoxy) is 5. The number of aliphatic hydroxyl groups is 2. The SMILES string of the molecule is CC[C@H](C)[C@H]1O[C@]2(CC[C@@H]1C)C[C@@H]1C[C@@H](C/C=C(\C)[C@@H](O)[C@@H](C)/C=C/C=C3\CO[C@@H]4[C@H](OC(=O)CCC(=O)Nc5ccc(Cl)cc5)C(C)=C[C@@H](C(=O)O1)[C@]34O)O2. The van der Waals surface area contributed by atoms with Crippen LogP contribution in [0.25, 0.3) is 0 Å². The molecule has 3 saturated heterocycles. The minimum atomic E-state index is -1.92. The molecule has 1 aliphatic carbocycles. The van der Waals surface area contributed by atoms with Crippen molar-refractivity contribution in [3.8, 4) is 0 Å². The summed E-state index contributed by atoms with van der Waals surface area (Å²) >= 11 is 5.94. The molecule has 3 N–H and O–H groups in total. The Morgan fingerprint density at radius 3 is 2.57 bits per heavy atom. The highest BCUT2D eigenvalue weighted by Crippen LogP contribution is 2.48. The van der Waals surface area contributed by atoms with E-state index in [4.69, 9.17) is 35.3 Å². The number of esters is 2. The molecule has 306 valence electrons. The third-order valence-electron chi connectivity index (χ3n) is 12.4. The van der Waals surface area contributed by atoms with Gasteiger partial charge in [0.1, 0.15) is 23.7 Å². The Balaban J connectivity index is 1.27. The number of benzene rings is 1. The first-order chi connectivity index (χ1) is 26.6. The number of nitrogens with one attached hydrogen (secondary N) is 1. The van der Waals surface area contributed by atoms with Gasteiger partial charge in [0.05, 0.1) is 31.3 Å². The number of carbonyl (C=O) groups excluding carboxylic acids is 3. The number of hydrogen-bond acceptors (Lipinski definition) is 10. The average Bonchev–Trinajstić information content (AvgIpc) is 3.51. The van der Waals surface area contributed by atoms with E-state index in [2.05, 4.69) is 26.1 Å². The number of aliphatic hydroxyl groups excluding tert-OH is 1. The fourth-order valence-electron chi connectivity index (χ4n) is 8.86. The molecule has 1 spiro atoms. The number of hydrogen-bond donors (Lipinski definition) is 3. The van der Waals surface area contributed by atoms with E-state index < -0.39 is 53.7 Å². The van der Waals surface area contributed by atoms with Gasteiger partial charge in [-0.3, -0.25) is 14.4 Å². The second-order valence-corrected chi connectivity index (χ2v) is 17.0. The molecule has 12 heteroatoms. The molecule has 6 rings (SSSR count). The predicted octanol–water partition coefficient (Wildman–Crippen LogP) is 7.15. The molecule has 1 aromatic rings. The molecular weight excluding hydrogens is 738 g/mol. The van der Waals surface area contributed by atoms with Gasteiger partial charge in [-0.1, -0.05) is 76.1 Å². The molecule has 0 radical (unpaired) electrons. The average molecular weight is 796 g/mol. The normalized spacial score (nSPS) is 39.1. The predicted molar refractivity (Wildman–Crippen MR) is 211 cm³/mol. The molecule has 4 heterocycles. The van der Waals surface area contributed by atoms with Gasteiger partial charge in [-0.25, -0.2) is 0 Å². The summed E-state index contributed by atoms with van der Waals surface area (Å²) in [4.78, 5) is 40.3. The lowest BCUT2D eigenvalue weighted by molar-refractivity contribution is -0.340. The van der Waals surface area contributed by atoms with Crippen LogP contribution in [0.4, 0.5) is 5.69 Å². The zero-order valence-electron chi connectivity index (χ0n) is 33.4. The molecule has 0 aromatic heterocycles. The first-order valence-corrected chi connectivity index (χ1v) is 20.6. The van der Waals surface area contributed by atoms with Gasteiger partial charge >= 0.3 is 11.9 Å². The van der Waals surface area contributed by atoms with E-state index in [0.29, 0.717) is 59.4 Å². The summed E-state index contributed by atoms with van der Waals surface area (Å²) in [6, 6.07) is 6.63. The largest absolute Gasteiger partial charge is 0.462 e. The molecule has 5 aliphatic rings. The zero-order chi connectivity index (χ0) is 40.4. The fourth-order valence-corrected chi connectivity index (χ4v) is 8.99. The molecule has 1 amide bonds. The lowest BCUT2D eigenvalue weighted by Gasteiger charge is -2.51. The highest BCUT2D eigenvalue weighted by Gasteiger charge is 2.61. The maximum Gasteiger partial charge on any atom is 0.316 e. The van der Waals surface area contributed by atoms with Crippen molar-refractivity contribution in [2.75, 3.05) is 11.9 Å². The Labute approximate surface area is 335 Å². The summed E-state index contributed by atoms with van der Waals surface area (Å²) in [5.41, 5.74) is 0.359. The van der Waals surface area contributed by atoms with E-state index in [1.807, 2.05) is 26.0 Å². The van der Waals surface area contributed by atoms with Crippen molar-refractivity contribution in [1.29, 1.82) is 0 Å². The Kier molecular flexibility index (Phi) is 13.3. The summed E-state index contributed by atoms with van der Waals surface area (Å²) in [5, 5.41) is 27.2. The van der Waals surface area contributed by atoms with Crippen LogP contribution in [0.5, 0.6) is 0 Å². The van der Waals surface area contributed by atoms with E-state index in [-0.39, 0.29) is 43.5 Å². The monoisotopic (exact) mass is 795 g/mol. The highest BCUT2D eigenvalue weighted by atomic mass is 35.5. The quantitative estimate of drug-likeness (QED) is 0.192.